The van der Waals surface area contributed by atoms with Crippen LogP contribution in [0.1, 0.15) is 28.8 Å². The zero-order valence-corrected chi connectivity index (χ0v) is 19.2. The molecule has 0 radical (unpaired) electrons. The number of amides is 2. The number of nitrogens with zero attached hydrogens (tertiary/aromatic N) is 1. The summed E-state index contributed by atoms with van der Waals surface area (Å²) in [5, 5.41) is 3.06. The van der Waals surface area contributed by atoms with Gasteiger partial charge in [-0.3, -0.25) is 14.3 Å². The Bertz CT molecular complexity index is 1310. The lowest BCUT2D eigenvalue weighted by Gasteiger charge is -2.16. The summed E-state index contributed by atoms with van der Waals surface area (Å²) in [6, 6.07) is 19.5. The van der Waals surface area contributed by atoms with E-state index in [1.807, 2.05) is 12.1 Å². The quantitative estimate of drug-likeness (QED) is 0.516. The summed E-state index contributed by atoms with van der Waals surface area (Å²) in [6.45, 7) is 1.23. The second kappa shape index (κ2) is 9.64. The van der Waals surface area contributed by atoms with Crippen molar-refractivity contribution in [3.63, 3.8) is 0 Å². The Morgan fingerprint density at radius 1 is 1.00 bits per heavy atom. The number of anilines is 2. The topological polar surface area (TPSA) is 95.6 Å². The number of likely N-dealkylation sites (tertiary alicyclic amines) is 1. The fourth-order valence-electron chi connectivity index (χ4n) is 3.59. The number of para-hydroxylation sites is 1. The first-order valence-corrected chi connectivity index (χ1v) is 12.2. The molecule has 2 amide bonds. The lowest BCUT2D eigenvalue weighted by Crippen LogP contribution is -2.23. The van der Waals surface area contributed by atoms with Crippen molar-refractivity contribution in [1.82, 2.24) is 4.90 Å². The lowest BCUT2D eigenvalue weighted by molar-refractivity contribution is -0.128. The monoisotopic (exact) mass is 483 g/mol. The molecule has 3 aromatic rings. The highest BCUT2D eigenvalue weighted by atomic mass is 35.5. The second-order valence-electron chi connectivity index (χ2n) is 7.69. The van der Waals surface area contributed by atoms with Gasteiger partial charge in [-0.1, -0.05) is 41.9 Å². The van der Waals surface area contributed by atoms with Gasteiger partial charge in [0.25, 0.3) is 15.9 Å². The molecule has 1 aliphatic rings. The van der Waals surface area contributed by atoms with Crippen molar-refractivity contribution in [3.05, 3.63) is 88.9 Å². The van der Waals surface area contributed by atoms with Gasteiger partial charge in [-0.2, -0.15) is 0 Å². The van der Waals surface area contributed by atoms with Gasteiger partial charge in [-0.15, -0.1) is 0 Å². The first-order chi connectivity index (χ1) is 15.8. The number of nitrogens with one attached hydrogen (secondary N) is 2. The number of halogens is 1. The smallest absolute Gasteiger partial charge is 0.261 e. The SMILES string of the molecule is O=C(Nc1cccc(CN2CCCC2=O)c1)c1cccc(S(=O)(=O)Nc2ccccc2Cl)c1. The fourth-order valence-corrected chi connectivity index (χ4v) is 4.96. The van der Waals surface area contributed by atoms with Crippen molar-refractivity contribution in [2.24, 2.45) is 0 Å². The van der Waals surface area contributed by atoms with Crippen molar-refractivity contribution < 1.29 is 18.0 Å². The van der Waals surface area contributed by atoms with Gasteiger partial charge in [0, 0.05) is 30.8 Å². The number of sulfonamides is 1. The molecule has 0 atom stereocenters. The fraction of sp³-hybridized carbons (Fsp3) is 0.167. The van der Waals surface area contributed by atoms with E-state index in [1.165, 1.54) is 24.3 Å². The van der Waals surface area contributed by atoms with Gasteiger partial charge in [0.1, 0.15) is 0 Å². The van der Waals surface area contributed by atoms with Crippen molar-refractivity contribution in [2.75, 3.05) is 16.6 Å². The Hall–Kier alpha value is -3.36. The van der Waals surface area contributed by atoms with Gasteiger partial charge in [0.05, 0.1) is 15.6 Å². The Morgan fingerprint density at radius 2 is 1.79 bits per heavy atom. The third-order valence-electron chi connectivity index (χ3n) is 5.25. The van der Waals surface area contributed by atoms with E-state index in [0.29, 0.717) is 18.7 Å². The summed E-state index contributed by atoms with van der Waals surface area (Å²) in [7, 11) is -3.94. The van der Waals surface area contributed by atoms with E-state index in [-0.39, 0.29) is 27.1 Å². The molecule has 9 heteroatoms. The third kappa shape index (κ3) is 5.53. The number of hydrogen-bond donors (Lipinski definition) is 2. The van der Waals surface area contributed by atoms with Crippen molar-refractivity contribution in [2.45, 2.75) is 24.3 Å². The predicted octanol–water partition coefficient (Wildman–Crippen LogP) is 4.52. The maximum Gasteiger partial charge on any atom is 0.261 e. The molecular weight excluding hydrogens is 462 g/mol. The number of rotatable bonds is 7. The van der Waals surface area contributed by atoms with Crippen LogP contribution in [0.15, 0.2) is 77.7 Å². The zero-order valence-electron chi connectivity index (χ0n) is 17.6. The van der Waals surface area contributed by atoms with Crippen LogP contribution in [0, 0.1) is 0 Å². The molecule has 1 heterocycles. The summed E-state index contributed by atoms with van der Waals surface area (Å²) in [6.07, 6.45) is 1.43. The molecule has 0 bridgehead atoms. The minimum absolute atomic E-state index is 0.0589. The number of hydrogen-bond acceptors (Lipinski definition) is 4. The van der Waals surface area contributed by atoms with Crippen LogP contribution in [0.3, 0.4) is 0 Å². The molecule has 0 aromatic heterocycles. The van der Waals surface area contributed by atoms with Crippen LogP contribution in [0.25, 0.3) is 0 Å². The minimum atomic E-state index is -3.94. The van der Waals surface area contributed by atoms with Gasteiger partial charge in [0.15, 0.2) is 0 Å². The van der Waals surface area contributed by atoms with Crippen LogP contribution >= 0.6 is 11.6 Å². The predicted molar refractivity (Wildman–Crippen MR) is 128 cm³/mol. The maximum absolute atomic E-state index is 12.8. The molecule has 7 nitrogen and oxygen atoms in total. The Kier molecular flexibility index (Phi) is 6.67. The second-order valence-corrected chi connectivity index (χ2v) is 9.78. The number of benzene rings is 3. The first-order valence-electron chi connectivity index (χ1n) is 10.4. The minimum Gasteiger partial charge on any atom is -0.338 e. The van der Waals surface area contributed by atoms with Crippen molar-refractivity contribution in [1.29, 1.82) is 0 Å². The van der Waals surface area contributed by atoms with Gasteiger partial charge in [0.2, 0.25) is 5.91 Å². The van der Waals surface area contributed by atoms with E-state index in [2.05, 4.69) is 10.0 Å². The summed E-state index contributed by atoms with van der Waals surface area (Å²) in [5.74, 6) is -0.313. The average Bonchev–Trinajstić information content (AvgIpc) is 3.20. The molecule has 0 unspecified atom stereocenters. The molecule has 1 saturated heterocycles. The highest BCUT2D eigenvalue weighted by molar-refractivity contribution is 7.92. The van der Waals surface area contributed by atoms with Gasteiger partial charge < -0.3 is 10.2 Å². The molecule has 0 saturated carbocycles. The third-order valence-corrected chi connectivity index (χ3v) is 6.95. The van der Waals surface area contributed by atoms with Crippen LogP contribution < -0.4 is 10.0 Å². The molecule has 3 aromatic carbocycles. The van der Waals surface area contributed by atoms with Gasteiger partial charge in [-0.05, 0) is 54.4 Å². The van der Waals surface area contributed by atoms with E-state index in [9.17, 15) is 18.0 Å². The summed E-state index contributed by atoms with van der Waals surface area (Å²) < 4.78 is 28.0. The molecule has 170 valence electrons. The summed E-state index contributed by atoms with van der Waals surface area (Å²) >= 11 is 6.05. The molecule has 0 spiro atoms. The normalized spacial score (nSPS) is 13.7. The van der Waals surface area contributed by atoms with Crippen LogP contribution in [-0.2, 0) is 21.4 Å². The molecule has 1 fully saturated rings. The average molecular weight is 484 g/mol. The van der Waals surface area contributed by atoms with E-state index < -0.39 is 15.9 Å². The largest absolute Gasteiger partial charge is 0.338 e. The van der Waals surface area contributed by atoms with E-state index in [4.69, 9.17) is 11.6 Å². The summed E-state index contributed by atoms with van der Waals surface area (Å²) in [4.78, 5) is 26.4. The van der Waals surface area contributed by atoms with E-state index in [1.54, 1.807) is 41.3 Å². The van der Waals surface area contributed by atoms with E-state index >= 15 is 0 Å². The first kappa shape index (κ1) is 22.8. The standard InChI is InChI=1S/C24H22ClN3O4S/c25-21-10-1-2-11-22(21)27-33(31,32)20-9-4-7-18(15-20)24(30)26-19-8-3-6-17(14-19)16-28-13-5-12-23(28)29/h1-4,6-11,14-15,27H,5,12-13,16H2,(H,26,30). The lowest BCUT2D eigenvalue weighted by atomic mass is 10.1. The Balaban J connectivity index is 1.48. The van der Waals surface area contributed by atoms with Crippen LogP contribution in [0.2, 0.25) is 5.02 Å². The molecule has 0 aliphatic carbocycles. The molecule has 33 heavy (non-hydrogen) atoms. The molecule has 2 N–H and O–H groups in total. The highest BCUT2D eigenvalue weighted by Crippen LogP contribution is 2.24. The van der Waals surface area contributed by atoms with Gasteiger partial charge >= 0.3 is 0 Å². The number of carbonyl (C=O) groups excluding carboxylic acids is 2. The summed E-state index contributed by atoms with van der Waals surface area (Å²) in [5.41, 5.74) is 1.91. The highest BCUT2D eigenvalue weighted by Gasteiger charge is 2.20. The maximum atomic E-state index is 12.8. The Labute approximate surface area is 197 Å². The van der Waals surface area contributed by atoms with Crippen LogP contribution in [0.4, 0.5) is 11.4 Å². The molecule has 4 rings (SSSR count). The molecule has 1 aliphatic heterocycles. The zero-order chi connectivity index (χ0) is 23.4. The van der Waals surface area contributed by atoms with Crippen LogP contribution in [0.5, 0.6) is 0 Å². The van der Waals surface area contributed by atoms with Gasteiger partial charge in [-0.25, -0.2) is 8.42 Å². The Morgan fingerprint density at radius 3 is 2.55 bits per heavy atom. The molecular formula is C24H22ClN3O4S. The number of carbonyl (C=O) groups is 2. The van der Waals surface area contributed by atoms with Crippen molar-refractivity contribution in [3.8, 4) is 0 Å². The van der Waals surface area contributed by atoms with E-state index in [0.717, 1.165) is 18.5 Å². The van der Waals surface area contributed by atoms with Crippen LogP contribution in [-0.4, -0.2) is 31.7 Å². The van der Waals surface area contributed by atoms with Crippen molar-refractivity contribution >= 4 is 44.8 Å².